The van der Waals surface area contributed by atoms with E-state index in [4.69, 9.17) is 4.74 Å². The zero-order valence-corrected chi connectivity index (χ0v) is 13.1. The molecule has 0 aliphatic carbocycles. The third kappa shape index (κ3) is 3.17. The Morgan fingerprint density at radius 2 is 1.71 bits per heavy atom. The van der Waals surface area contributed by atoms with Crippen LogP contribution in [0.15, 0.2) is 24.5 Å². The number of rotatable bonds is 2. The molecule has 2 saturated heterocycles. The second-order valence-corrected chi connectivity index (χ2v) is 7.16. The van der Waals surface area contributed by atoms with Crippen molar-refractivity contribution < 1.29 is 9.53 Å². The third-order valence-corrected chi connectivity index (χ3v) is 4.27. The summed E-state index contributed by atoms with van der Waals surface area (Å²) in [7, 11) is 0. The Morgan fingerprint density at radius 1 is 1.14 bits per heavy atom. The SMILES string of the molecule is CC(C)(C)OC(=O)N1C2CCC1CC(Nn1cccc1)C2. The highest BCUT2D eigenvalue weighted by Gasteiger charge is 2.44. The number of fused-ring (bicyclic) bond motifs is 2. The maximum Gasteiger partial charge on any atom is 0.410 e. The minimum Gasteiger partial charge on any atom is -0.444 e. The molecule has 3 rings (SSSR count). The number of piperidine rings is 1. The molecule has 2 aliphatic heterocycles. The quantitative estimate of drug-likeness (QED) is 0.911. The molecule has 0 aromatic carbocycles. The molecule has 2 unspecified atom stereocenters. The van der Waals surface area contributed by atoms with Crippen LogP contribution >= 0.6 is 0 Å². The summed E-state index contributed by atoms with van der Waals surface area (Å²) in [6, 6.07) is 5.07. The van der Waals surface area contributed by atoms with Crippen LogP contribution in [0.1, 0.15) is 46.5 Å². The summed E-state index contributed by atoms with van der Waals surface area (Å²) in [6.07, 6.45) is 8.06. The van der Waals surface area contributed by atoms with Gasteiger partial charge in [0.05, 0.1) is 0 Å². The lowest BCUT2D eigenvalue weighted by Crippen LogP contribution is -2.52. The fraction of sp³-hybridized carbons (Fsp3) is 0.688. The fourth-order valence-corrected chi connectivity index (χ4v) is 3.53. The van der Waals surface area contributed by atoms with E-state index < -0.39 is 5.60 Å². The molecule has 5 nitrogen and oxygen atoms in total. The summed E-state index contributed by atoms with van der Waals surface area (Å²) in [4.78, 5) is 14.4. The van der Waals surface area contributed by atoms with E-state index in [1.165, 1.54) is 0 Å². The molecule has 5 heteroatoms. The van der Waals surface area contributed by atoms with E-state index in [9.17, 15) is 4.79 Å². The molecule has 1 amide bonds. The van der Waals surface area contributed by atoms with Gasteiger partial charge in [-0.15, -0.1) is 0 Å². The topological polar surface area (TPSA) is 46.5 Å². The summed E-state index contributed by atoms with van der Waals surface area (Å²) in [5.74, 6) is 0. The first-order chi connectivity index (χ1) is 9.92. The molecule has 2 fully saturated rings. The average molecular weight is 291 g/mol. The molecule has 1 N–H and O–H groups in total. The highest BCUT2D eigenvalue weighted by molar-refractivity contribution is 5.69. The largest absolute Gasteiger partial charge is 0.444 e. The molecule has 0 radical (unpaired) electrons. The predicted molar refractivity (Wildman–Crippen MR) is 81.7 cm³/mol. The van der Waals surface area contributed by atoms with Crippen LogP contribution in [-0.4, -0.2) is 39.4 Å². The van der Waals surface area contributed by atoms with Gasteiger partial charge >= 0.3 is 6.09 Å². The lowest BCUT2D eigenvalue weighted by molar-refractivity contribution is 0.00646. The number of carbonyl (C=O) groups is 1. The van der Waals surface area contributed by atoms with Crippen molar-refractivity contribution in [2.75, 3.05) is 5.43 Å². The molecule has 0 spiro atoms. The van der Waals surface area contributed by atoms with Crippen molar-refractivity contribution in [2.24, 2.45) is 0 Å². The molecular weight excluding hydrogens is 266 g/mol. The standard InChI is InChI=1S/C16H25N3O2/c1-16(2,3)21-15(20)19-13-6-7-14(19)11-12(10-13)17-18-8-4-5-9-18/h4-5,8-9,12-14,17H,6-7,10-11H2,1-3H3. The zero-order valence-electron chi connectivity index (χ0n) is 13.1. The molecule has 1 aromatic heterocycles. The molecular formula is C16H25N3O2. The van der Waals surface area contributed by atoms with Crippen molar-refractivity contribution >= 4 is 6.09 Å². The smallest absolute Gasteiger partial charge is 0.410 e. The van der Waals surface area contributed by atoms with Crippen LogP contribution in [-0.2, 0) is 4.74 Å². The molecule has 116 valence electrons. The van der Waals surface area contributed by atoms with E-state index in [0.717, 1.165) is 25.7 Å². The number of nitrogens with zero attached hydrogens (tertiary/aromatic N) is 2. The second kappa shape index (κ2) is 5.28. The first-order valence-electron chi connectivity index (χ1n) is 7.83. The van der Waals surface area contributed by atoms with E-state index >= 15 is 0 Å². The van der Waals surface area contributed by atoms with Crippen LogP contribution in [0.5, 0.6) is 0 Å². The Hall–Kier alpha value is -1.65. The van der Waals surface area contributed by atoms with Gasteiger partial charge in [0.15, 0.2) is 0 Å². The monoisotopic (exact) mass is 291 g/mol. The number of nitrogens with one attached hydrogen (secondary N) is 1. The molecule has 2 aliphatic rings. The number of hydrogen-bond acceptors (Lipinski definition) is 3. The van der Waals surface area contributed by atoms with Gasteiger partial charge in [-0.05, 0) is 58.6 Å². The Kier molecular flexibility index (Phi) is 3.59. The number of aromatic nitrogens is 1. The fourth-order valence-electron chi connectivity index (χ4n) is 3.53. The van der Waals surface area contributed by atoms with Gasteiger partial charge in [-0.1, -0.05) is 0 Å². The maximum absolute atomic E-state index is 12.4. The number of hydrogen-bond donors (Lipinski definition) is 1. The van der Waals surface area contributed by atoms with Gasteiger partial charge in [-0.3, -0.25) is 4.68 Å². The predicted octanol–water partition coefficient (Wildman–Crippen LogP) is 2.96. The summed E-state index contributed by atoms with van der Waals surface area (Å²) in [5, 5.41) is 0. The average Bonchev–Trinajstić information content (AvgIpc) is 2.94. The lowest BCUT2D eigenvalue weighted by Gasteiger charge is -2.40. The Morgan fingerprint density at radius 3 is 2.24 bits per heavy atom. The van der Waals surface area contributed by atoms with Gasteiger partial charge < -0.3 is 15.1 Å². The van der Waals surface area contributed by atoms with Crippen LogP contribution in [0.2, 0.25) is 0 Å². The van der Waals surface area contributed by atoms with Crippen LogP contribution in [0.3, 0.4) is 0 Å². The van der Waals surface area contributed by atoms with Gasteiger partial charge in [0.2, 0.25) is 0 Å². The van der Waals surface area contributed by atoms with Crippen molar-refractivity contribution in [1.82, 2.24) is 9.58 Å². The van der Waals surface area contributed by atoms with Crippen molar-refractivity contribution in [3.05, 3.63) is 24.5 Å². The van der Waals surface area contributed by atoms with Crippen molar-refractivity contribution in [3.63, 3.8) is 0 Å². The second-order valence-electron chi connectivity index (χ2n) is 7.16. The van der Waals surface area contributed by atoms with E-state index in [-0.39, 0.29) is 6.09 Å². The molecule has 21 heavy (non-hydrogen) atoms. The lowest BCUT2D eigenvalue weighted by atomic mass is 9.98. The van der Waals surface area contributed by atoms with E-state index in [2.05, 4.69) is 5.43 Å². The third-order valence-electron chi connectivity index (χ3n) is 4.27. The number of carbonyl (C=O) groups excluding carboxylic acids is 1. The highest BCUT2D eigenvalue weighted by Crippen LogP contribution is 2.37. The minimum atomic E-state index is -0.420. The summed E-state index contributed by atoms with van der Waals surface area (Å²) in [6.45, 7) is 5.77. The number of ether oxygens (including phenoxy) is 1. The van der Waals surface area contributed by atoms with Gasteiger partial charge in [-0.2, -0.15) is 0 Å². The molecule has 3 heterocycles. The Labute approximate surface area is 126 Å². The van der Waals surface area contributed by atoms with E-state index in [0.29, 0.717) is 18.1 Å². The zero-order chi connectivity index (χ0) is 15.0. The van der Waals surface area contributed by atoms with Crippen LogP contribution < -0.4 is 5.43 Å². The van der Waals surface area contributed by atoms with Crippen LogP contribution in [0.25, 0.3) is 0 Å². The first kappa shape index (κ1) is 14.3. The molecule has 1 aromatic rings. The number of amides is 1. The minimum absolute atomic E-state index is 0.144. The first-order valence-corrected chi connectivity index (χ1v) is 7.83. The van der Waals surface area contributed by atoms with Crippen molar-refractivity contribution in [2.45, 2.75) is 70.2 Å². The molecule has 2 bridgehead atoms. The van der Waals surface area contributed by atoms with Crippen molar-refractivity contribution in [1.29, 1.82) is 0 Å². The van der Waals surface area contributed by atoms with Gasteiger partial charge in [0, 0.05) is 30.5 Å². The molecule has 0 saturated carbocycles. The summed E-state index contributed by atoms with van der Waals surface area (Å²) < 4.78 is 7.57. The maximum atomic E-state index is 12.4. The van der Waals surface area contributed by atoms with Crippen molar-refractivity contribution in [3.8, 4) is 0 Å². The van der Waals surface area contributed by atoms with Crippen LogP contribution in [0, 0.1) is 0 Å². The Bertz CT molecular complexity index is 478. The Balaban J connectivity index is 1.63. The highest BCUT2D eigenvalue weighted by atomic mass is 16.6. The van der Waals surface area contributed by atoms with Gasteiger partial charge in [-0.25, -0.2) is 4.79 Å². The van der Waals surface area contributed by atoms with E-state index in [1.807, 2.05) is 54.9 Å². The summed E-state index contributed by atoms with van der Waals surface area (Å²) in [5.41, 5.74) is 3.09. The van der Waals surface area contributed by atoms with Crippen LogP contribution in [0.4, 0.5) is 4.79 Å². The van der Waals surface area contributed by atoms with Gasteiger partial charge in [0.1, 0.15) is 5.60 Å². The normalized spacial score (nSPS) is 28.5. The summed E-state index contributed by atoms with van der Waals surface area (Å²) >= 11 is 0. The molecule has 2 atom stereocenters. The van der Waals surface area contributed by atoms with E-state index in [1.54, 1.807) is 0 Å². The van der Waals surface area contributed by atoms with Gasteiger partial charge in [0.25, 0.3) is 0 Å².